The van der Waals surface area contributed by atoms with Crippen molar-refractivity contribution in [1.82, 2.24) is 36.8 Å². The number of carboxylic acid groups (broad SMARTS) is 2. The quantitative estimate of drug-likeness (QED) is 0.0373. The van der Waals surface area contributed by atoms with Gasteiger partial charge in [0.05, 0.1) is 18.6 Å². The first-order chi connectivity index (χ1) is 28.5. The summed E-state index contributed by atoms with van der Waals surface area (Å²) in [5.41, 5.74) is 10.9. The minimum atomic E-state index is -1.83. The lowest BCUT2D eigenvalue weighted by atomic mass is 10.0. The molecule has 9 atom stereocenters. The summed E-state index contributed by atoms with van der Waals surface area (Å²) in [6.45, 7) is 6.18. The zero-order valence-electron chi connectivity index (χ0n) is 35.4. The number of nitrogens with two attached hydrogens (primary N) is 2. The fraction of sp³-hybridized carbons (Fsp3) is 0.730. The highest BCUT2D eigenvalue weighted by atomic mass is 32.2. The van der Waals surface area contributed by atoms with Gasteiger partial charge in [0, 0.05) is 13.0 Å². The van der Waals surface area contributed by atoms with E-state index in [9.17, 15) is 63.3 Å². The average molecular weight is 906 g/mol. The third kappa shape index (κ3) is 19.3. The normalized spacial score (nSPS) is 17.6. The molecule has 0 bridgehead atoms. The van der Waals surface area contributed by atoms with Gasteiger partial charge in [-0.05, 0) is 82.3 Å². The molecule has 0 radical (unpaired) electrons. The Labute approximate surface area is 363 Å². The van der Waals surface area contributed by atoms with Gasteiger partial charge in [-0.2, -0.15) is 23.5 Å². The number of hydrogen-bond donors (Lipinski definition) is 11. The number of hydrogen-bond acceptors (Lipinski definition) is 14. The zero-order chi connectivity index (χ0) is 46.6. The van der Waals surface area contributed by atoms with Gasteiger partial charge in [-0.1, -0.05) is 13.8 Å². The molecule has 0 aromatic carbocycles. The van der Waals surface area contributed by atoms with Crippen molar-refractivity contribution in [3.63, 3.8) is 0 Å². The number of likely N-dealkylation sites (tertiary alicyclic amines) is 1. The molecule has 1 aliphatic rings. The number of nitrogens with zero attached hydrogens (tertiary/aromatic N) is 1. The number of primary amides is 1. The van der Waals surface area contributed by atoms with Gasteiger partial charge in [0.1, 0.15) is 42.3 Å². The fourth-order valence-electron chi connectivity index (χ4n) is 6.17. The number of carbonyl (C=O) groups excluding carboxylic acids is 8. The molecular weight excluding hydrogens is 843 g/mol. The summed E-state index contributed by atoms with van der Waals surface area (Å²) in [6.07, 6.45) is 1.000. The molecule has 0 aromatic heterocycles. The molecule has 61 heavy (non-hydrogen) atoms. The molecule has 1 fully saturated rings. The van der Waals surface area contributed by atoms with Gasteiger partial charge in [-0.3, -0.25) is 43.2 Å². The summed E-state index contributed by atoms with van der Waals surface area (Å²) in [6, 6.07) is -10.9. The molecule has 1 heterocycles. The number of amides is 8. The molecule has 0 saturated carbocycles. The molecule has 1 saturated heterocycles. The summed E-state index contributed by atoms with van der Waals surface area (Å²) in [5, 5.41) is 44.2. The van der Waals surface area contributed by atoms with Crippen molar-refractivity contribution in [1.29, 1.82) is 0 Å². The van der Waals surface area contributed by atoms with E-state index in [0.717, 1.165) is 0 Å². The first kappa shape index (κ1) is 54.3. The van der Waals surface area contributed by atoms with E-state index in [1.807, 2.05) is 0 Å². The highest BCUT2D eigenvalue weighted by Crippen LogP contribution is 2.21. The van der Waals surface area contributed by atoms with Crippen molar-refractivity contribution in [3.05, 3.63) is 0 Å². The van der Waals surface area contributed by atoms with E-state index in [1.165, 1.54) is 42.3 Å². The smallest absolute Gasteiger partial charge is 0.326 e. The Kier molecular flexibility index (Phi) is 24.3. The van der Waals surface area contributed by atoms with Gasteiger partial charge in [0.25, 0.3) is 0 Å². The van der Waals surface area contributed by atoms with E-state index in [0.29, 0.717) is 17.9 Å². The molecule has 1 rings (SSSR count). The van der Waals surface area contributed by atoms with Crippen molar-refractivity contribution in [2.24, 2.45) is 17.4 Å². The lowest BCUT2D eigenvalue weighted by Gasteiger charge is -2.31. The van der Waals surface area contributed by atoms with Crippen LogP contribution < -0.4 is 43.4 Å². The van der Waals surface area contributed by atoms with Gasteiger partial charge in [-0.15, -0.1) is 0 Å². The van der Waals surface area contributed by atoms with Crippen LogP contribution in [0.5, 0.6) is 0 Å². The number of aliphatic hydroxyl groups is 1. The van der Waals surface area contributed by atoms with Gasteiger partial charge in [-0.25, -0.2) is 4.79 Å². The van der Waals surface area contributed by atoms with Crippen LogP contribution in [0.2, 0.25) is 0 Å². The van der Waals surface area contributed by atoms with Crippen LogP contribution in [0.4, 0.5) is 0 Å². The number of thioether (sulfide) groups is 2. The predicted molar refractivity (Wildman–Crippen MR) is 225 cm³/mol. The van der Waals surface area contributed by atoms with Crippen LogP contribution in [0.25, 0.3) is 0 Å². The van der Waals surface area contributed by atoms with Crippen molar-refractivity contribution in [2.75, 3.05) is 30.6 Å². The number of nitrogens with one attached hydrogen (secondary N) is 6. The van der Waals surface area contributed by atoms with Crippen LogP contribution in [0.3, 0.4) is 0 Å². The highest BCUT2D eigenvalue weighted by molar-refractivity contribution is 7.98. The molecule has 1 aliphatic heterocycles. The third-order valence-electron chi connectivity index (χ3n) is 9.43. The lowest BCUT2D eigenvalue weighted by Crippen LogP contribution is -2.61. The second kappa shape index (κ2) is 27.3. The van der Waals surface area contributed by atoms with Crippen LogP contribution in [0, 0.1) is 5.92 Å². The van der Waals surface area contributed by atoms with Crippen molar-refractivity contribution in [2.45, 2.75) is 134 Å². The van der Waals surface area contributed by atoms with Crippen LogP contribution >= 0.6 is 23.5 Å². The largest absolute Gasteiger partial charge is 0.481 e. The van der Waals surface area contributed by atoms with Gasteiger partial charge in [0.15, 0.2) is 0 Å². The number of carbonyl (C=O) groups is 10. The lowest BCUT2D eigenvalue weighted by molar-refractivity contribution is -0.144. The van der Waals surface area contributed by atoms with Crippen LogP contribution in [-0.4, -0.2) is 164 Å². The summed E-state index contributed by atoms with van der Waals surface area (Å²) < 4.78 is 0. The van der Waals surface area contributed by atoms with Crippen LogP contribution in [0.1, 0.15) is 79.1 Å². The van der Waals surface area contributed by atoms with E-state index >= 15 is 0 Å². The second-order valence-electron chi connectivity index (χ2n) is 15.1. The molecule has 22 nitrogen and oxygen atoms in total. The zero-order valence-corrected chi connectivity index (χ0v) is 37.0. The molecule has 346 valence electrons. The number of aliphatic carboxylic acids is 2. The van der Waals surface area contributed by atoms with E-state index in [2.05, 4.69) is 31.9 Å². The number of carboxylic acids is 2. The minimum absolute atomic E-state index is 0.00266. The van der Waals surface area contributed by atoms with Gasteiger partial charge >= 0.3 is 11.9 Å². The van der Waals surface area contributed by atoms with E-state index < -0.39 is 120 Å². The van der Waals surface area contributed by atoms with E-state index in [-0.39, 0.29) is 51.0 Å². The van der Waals surface area contributed by atoms with Crippen molar-refractivity contribution in [3.8, 4) is 0 Å². The molecule has 24 heteroatoms. The Morgan fingerprint density at radius 3 is 1.72 bits per heavy atom. The van der Waals surface area contributed by atoms with E-state index in [1.54, 1.807) is 26.4 Å². The number of rotatable bonds is 28. The highest BCUT2D eigenvalue weighted by Gasteiger charge is 2.40. The molecule has 0 unspecified atom stereocenters. The van der Waals surface area contributed by atoms with Crippen molar-refractivity contribution < 1.29 is 63.3 Å². The standard InChI is InChI=1S/C37H63N9O13S2/c1-18(2)16-24(43-30(51)19(3)38)33(54)45-29(20(4)47)35(56)44-25(17-28(49)50)32(53)41-22(11-14-60-5)36(57)46-13-7-8-26(46)34(55)40-21(9-10-27(39)48)31(52)42-23(37(58)59)12-15-61-6/h18-26,29,47H,7-17,38H2,1-6H3,(H2,39,48)(H,40,55)(H,41,53)(H,42,52)(H,43,51)(H,44,56)(H,45,54)(H,49,50)(H,58,59)/t19-,20+,21-,22-,23-,24-,25-,26-,29-/m0/s1. The maximum atomic E-state index is 14.1. The minimum Gasteiger partial charge on any atom is -0.481 e. The maximum Gasteiger partial charge on any atom is 0.326 e. The first-order valence-corrected chi connectivity index (χ1v) is 22.6. The summed E-state index contributed by atoms with van der Waals surface area (Å²) >= 11 is 2.68. The Morgan fingerprint density at radius 2 is 1.21 bits per heavy atom. The summed E-state index contributed by atoms with van der Waals surface area (Å²) in [4.78, 5) is 130. The Balaban J connectivity index is 3.32. The molecular formula is C37H63N9O13S2. The Bertz CT molecular complexity index is 1570. The fourth-order valence-corrected chi connectivity index (χ4v) is 7.11. The predicted octanol–water partition coefficient (Wildman–Crippen LogP) is -3.01. The molecule has 0 aliphatic carbocycles. The SMILES string of the molecule is CSCC[C@H](NC(=O)[C@H](CCC(N)=O)NC(=O)[C@@H]1CCCN1C(=O)[C@H](CCSC)NC(=O)[C@H](CC(=O)O)NC(=O)[C@@H](NC(=O)[C@H](CC(C)C)NC(=O)[C@H](C)N)[C@@H](C)O)C(=O)O. The molecule has 8 amide bonds. The number of aliphatic hydroxyl groups excluding tert-OH is 1. The Morgan fingerprint density at radius 1 is 0.689 bits per heavy atom. The molecule has 0 aromatic rings. The summed E-state index contributed by atoms with van der Waals surface area (Å²) in [5.74, 6) is -9.17. The van der Waals surface area contributed by atoms with Crippen LogP contribution in [-0.2, 0) is 47.9 Å². The second-order valence-corrected chi connectivity index (χ2v) is 17.1. The third-order valence-corrected chi connectivity index (χ3v) is 10.7. The van der Waals surface area contributed by atoms with E-state index in [4.69, 9.17) is 11.5 Å². The first-order valence-electron chi connectivity index (χ1n) is 19.8. The Hall–Kier alpha value is -4.68. The van der Waals surface area contributed by atoms with Crippen molar-refractivity contribution >= 4 is 82.7 Å². The molecule has 13 N–H and O–H groups in total. The topological polar surface area (TPSA) is 359 Å². The average Bonchev–Trinajstić information content (AvgIpc) is 3.67. The molecule has 0 spiro atoms. The van der Waals surface area contributed by atoms with Gasteiger partial charge < -0.3 is 63.6 Å². The summed E-state index contributed by atoms with van der Waals surface area (Å²) in [7, 11) is 0. The maximum absolute atomic E-state index is 14.1. The van der Waals surface area contributed by atoms with Gasteiger partial charge in [0.2, 0.25) is 47.3 Å². The van der Waals surface area contributed by atoms with Crippen LogP contribution in [0.15, 0.2) is 0 Å². The monoisotopic (exact) mass is 905 g/mol.